The number of ether oxygens (including phenoxy) is 1. The summed E-state index contributed by atoms with van der Waals surface area (Å²) in [5.74, 6) is 0. The Labute approximate surface area is 119 Å². The molecule has 0 bridgehead atoms. The van der Waals surface area contributed by atoms with Gasteiger partial charge in [0.25, 0.3) is 0 Å². The molecule has 0 heterocycles. The smallest absolute Gasteiger partial charge is 0.0720 e. The lowest BCUT2D eigenvalue weighted by Gasteiger charge is -2.11. The first-order valence-electron chi connectivity index (χ1n) is 6.10. The van der Waals surface area contributed by atoms with Gasteiger partial charge in [-0.15, -0.1) is 0 Å². The molecule has 0 amide bonds. The van der Waals surface area contributed by atoms with Crippen molar-refractivity contribution in [3.8, 4) is 0 Å². The van der Waals surface area contributed by atoms with Crippen LogP contribution in [0.1, 0.15) is 26.7 Å². The monoisotopic (exact) mass is 290 g/mol. The van der Waals surface area contributed by atoms with Crippen molar-refractivity contribution in [3.63, 3.8) is 0 Å². The van der Waals surface area contributed by atoms with Crippen molar-refractivity contribution < 1.29 is 4.74 Å². The molecule has 0 fully saturated rings. The second-order valence-electron chi connectivity index (χ2n) is 4.41. The van der Waals surface area contributed by atoms with E-state index in [1.807, 2.05) is 13.8 Å². The van der Waals surface area contributed by atoms with Crippen LogP contribution in [0.3, 0.4) is 0 Å². The first-order valence-corrected chi connectivity index (χ1v) is 6.86. The van der Waals surface area contributed by atoms with Gasteiger partial charge in [0.15, 0.2) is 0 Å². The molecule has 1 aromatic carbocycles. The largest absolute Gasteiger partial charge is 0.399 e. The van der Waals surface area contributed by atoms with Crippen LogP contribution in [0, 0.1) is 0 Å². The van der Waals surface area contributed by atoms with Crippen LogP contribution >= 0.6 is 23.2 Å². The molecule has 0 radical (unpaired) electrons. The fourth-order valence-corrected chi connectivity index (χ4v) is 2.16. The van der Waals surface area contributed by atoms with Gasteiger partial charge in [0.1, 0.15) is 0 Å². The molecule has 18 heavy (non-hydrogen) atoms. The lowest BCUT2D eigenvalue weighted by atomic mass is 10.2. The zero-order valence-electron chi connectivity index (χ0n) is 10.8. The summed E-state index contributed by atoms with van der Waals surface area (Å²) in [5.41, 5.74) is 6.96. The number of nitrogen functional groups attached to an aromatic ring is 1. The number of halogens is 2. The van der Waals surface area contributed by atoms with Gasteiger partial charge < -0.3 is 15.8 Å². The Hall–Kier alpha value is -0.640. The normalized spacial score (nSPS) is 10.9. The Morgan fingerprint density at radius 3 is 2.39 bits per heavy atom. The maximum atomic E-state index is 6.06. The zero-order chi connectivity index (χ0) is 13.5. The van der Waals surface area contributed by atoms with Gasteiger partial charge in [0.05, 0.1) is 21.8 Å². The predicted octanol–water partition coefficient (Wildman–Crippen LogP) is 4.19. The number of anilines is 2. The minimum Gasteiger partial charge on any atom is -0.399 e. The third-order valence-corrected chi connectivity index (χ3v) is 2.98. The van der Waals surface area contributed by atoms with E-state index in [4.69, 9.17) is 33.7 Å². The highest BCUT2D eigenvalue weighted by Gasteiger charge is 2.06. The maximum Gasteiger partial charge on any atom is 0.0720 e. The van der Waals surface area contributed by atoms with Crippen molar-refractivity contribution in [2.45, 2.75) is 32.8 Å². The minimum atomic E-state index is 0.291. The van der Waals surface area contributed by atoms with Crippen LogP contribution in [-0.2, 0) is 4.74 Å². The van der Waals surface area contributed by atoms with Gasteiger partial charge in [-0.2, -0.15) is 0 Å². The number of hydrogen-bond donors (Lipinski definition) is 2. The molecule has 0 saturated heterocycles. The summed E-state index contributed by atoms with van der Waals surface area (Å²) in [5, 5.41) is 4.33. The Morgan fingerprint density at radius 2 is 1.83 bits per heavy atom. The molecule has 1 rings (SSSR count). The van der Waals surface area contributed by atoms with Crippen molar-refractivity contribution in [1.29, 1.82) is 0 Å². The Kier molecular flexibility index (Phi) is 6.61. The van der Waals surface area contributed by atoms with Crippen LogP contribution < -0.4 is 11.1 Å². The topological polar surface area (TPSA) is 47.3 Å². The molecular weight excluding hydrogens is 271 g/mol. The molecule has 0 saturated carbocycles. The van der Waals surface area contributed by atoms with E-state index < -0.39 is 0 Å². The molecule has 3 N–H and O–H groups in total. The summed E-state index contributed by atoms with van der Waals surface area (Å²) in [6.45, 7) is 5.66. The van der Waals surface area contributed by atoms with Crippen molar-refractivity contribution in [3.05, 3.63) is 22.2 Å². The minimum absolute atomic E-state index is 0.291. The molecule has 3 nitrogen and oxygen atoms in total. The number of benzene rings is 1. The third kappa shape index (κ3) is 5.34. The first-order chi connectivity index (χ1) is 8.50. The average molecular weight is 291 g/mol. The number of rotatable bonds is 7. The Balaban J connectivity index is 2.31. The lowest BCUT2D eigenvalue weighted by Crippen LogP contribution is -2.07. The summed E-state index contributed by atoms with van der Waals surface area (Å²) < 4.78 is 5.46. The average Bonchev–Trinajstić information content (AvgIpc) is 2.25. The lowest BCUT2D eigenvalue weighted by molar-refractivity contribution is 0.0765. The Morgan fingerprint density at radius 1 is 1.22 bits per heavy atom. The molecule has 102 valence electrons. The second kappa shape index (κ2) is 7.72. The zero-order valence-corrected chi connectivity index (χ0v) is 12.3. The van der Waals surface area contributed by atoms with Gasteiger partial charge >= 0.3 is 0 Å². The van der Waals surface area contributed by atoms with Crippen LogP contribution in [0.5, 0.6) is 0 Å². The summed E-state index contributed by atoms with van der Waals surface area (Å²) in [7, 11) is 0. The number of nitrogens with one attached hydrogen (secondary N) is 1. The number of unbranched alkanes of at least 4 members (excludes halogenated alkanes) is 1. The van der Waals surface area contributed by atoms with Crippen molar-refractivity contribution >= 4 is 34.6 Å². The molecule has 0 aliphatic heterocycles. The van der Waals surface area contributed by atoms with Gasteiger partial charge in [-0.1, -0.05) is 23.2 Å². The van der Waals surface area contributed by atoms with E-state index in [0.29, 0.717) is 21.8 Å². The van der Waals surface area contributed by atoms with E-state index in [2.05, 4.69) is 5.32 Å². The SMILES string of the molecule is CC(C)OCCCCNc1c(Cl)cc(N)cc1Cl. The molecule has 0 aliphatic carbocycles. The van der Waals surface area contributed by atoms with E-state index in [0.717, 1.165) is 31.7 Å². The van der Waals surface area contributed by atoms with Crippen LogP contribution in [-0.4, -0.2) is 19.3 Å². The standard InChI is InChI=1S/C13H20Cl2N2O/c1-9(2)18-6-4-3-5-17-13-11(14)7-10(16)8-12(13)15/h7-9,17H,3-6,16H2,1-2H3. The van der Waals surface area contributed by atoms with E-state index in [1.165, 1.54) is 0 Å². The van der Waals surface area contributed by atoms with E-state index in [1.54, 1.807) is 12.1 Å². The Bertz CT molecular complexity index is 360. The van der Waals surface area contributed by atoms with E-state index >= 15 is 0 Å². The van der Waals surface area contributed by atoms with Gasteiger partial charge in [-0.25, -0.2) is 0 Å². The molecule has 0 spiro atoms. The molecular formula is C13H20Cl2N2O. The van der Waals surface area contributed by atoms with Gasteiger partial charge in [0.2, 0.25) is 0 Å². The molecule has 0 unspecified atom stereocenters. The highest BCUT2D eigenvalue weighted by molar-refractivity contribution is 6.39. The fourth-order valence-electron chi connectivity index (χ4n) is 1.52. The van der Waals surface area contributed by atoms with Gasteiger partial charge in [0, 0.05) is 18.8 Å². The molecule has 0 atom stereocenters. The van der Waals surface area contributed by atoms with Crippen LogP contribution in [0.25, 0.3) is 0 Å². The molecule has 0 aromatic heterocycles. The van der Waals surface area contributed by atoms with Crippen LogP contribution in [0.15, 0.2) is 12.1 Å². The van der Waals surface area contributed by atoms with E-state index in [-0.39, 0.29) is 0 Å². The fraction of sp³-hybridized carbons (Fsp3) is 0.538. The number of nitrogens with two attached hydrogens (primary N) is 1. The van der Waals surface area contributed by atoms with E-state index in [9.17, 15) is 0 Å². The molecule has 5 heteroatoms. The van der Waals surface area contributed by atoms with Gasteiger partial charge in [-0.05, 0) is 38.8 Å². The summed E-state index contributed by atoms with van der Waals surface area (Å²) in [6, 6.07) is 3.38. The highest BCUT2D eigenvalue weighted by atomic mass is 35.5. The van der Waals surface area contributed by atoms with Crippen molar-refractivity contribution in [1.82, 2.24) is 0 Å². The maximum absolute atomic E-state index is 6.06. The van der Waals surface area contributed by atoms with Crippen LogP contribution in [0.2, 0.25) is 10.0 Å². The third-order valence-electron chi connectivity index (χ3n) is 2.39. The van der Waals surface area contributed by atoms with Crippen molar-refractivity contribution in [2.75, 3.05) is 24.2 Å². The predicted molar refractivity (Wildman–Crippen MR) is 79.7 cm³/mol. The summed E-state index contributed by atoms with van der Waals surface area (Å²) in [6.07, 6.45) is 2.30. The summed E-state index contributed by atoms with van der Waals surface area (Å²) in [4.78, 5) is 0. The number of hydrogen-bond acceptors (Lipinski definition) is 3. The summed E-state index contributed by atoms with van der Waals surface area (Å²) >= 11 is 12.1. The highest BCUT2D eigenvalue weighted by Crippen LogP contribution is 2.32. The second-order valence-corrected chi connectivity index (χ2v) is 5.23. The van der Waals surface area contributed by atoms with Crippen LogP contribution in [0.4, 0.5) is 11.4 Å². The van der Waals surface area contributed by atoms with Gasteiger partial charge in [-0.3, -0.25) is 0 Å². The van der Waals surface area contributed by atoms with Crippen molar-refractivity contribution in [2.24, 2.45) is 0 Å². The first kappa shape index (κ1) is 15.4. The quantitative estimate of drug-likeness (QED) is 0.585. The molecule has 0 aliphatic rings. The molecule has 1 aromatic rings.